The van der Waals surface area contributed by atoms with E-state index in [1.165, 1.54) is 44.5 Å². The van der Waals surface area contributed by atoms with Gasteiger partial charge in [0.05, 0.1) is 46.4 Å². The van der Waals surface area contributed by atoms with Crippen molar-refractivity contribution in [2.75, 3.05) is 0 Å². The molecule has 0 N–H and O–H groups in total. The normalized spacial score (nSPS) is 12.6. The van der Waals surface area contributed by atoms with Crippen molar-refractivity contribution in [3.05, 3.63) is 197 Å². The number of hydrogen-bond acceptors (Lipinski definition) is 5. The molecule has 6 nitrogen and oxygen atoms in total. The average molecular weight is 675 g/mol. The molecule has 4 aromatic carbocycles. The summed E-state index contributed by atoms with van der Waals surface area (Å²) in [6.07, 6.45) is 7.06. The summed E-state index contributed by atoms with van der Waals surface area (Å²) in [6.45, 7) is 7.38. The van der Waals surface area contributed by atoms with Crippen molar-refractivity contribution in [3.63, 3.8) is 0 Å². The van der Waals surface area contributed by atoms with Crippen molar-refractivity contribution in [2.24, 2.45) is 0 Å². The summed E-state index contributed by atoms with van der Waals surface area (Å²) in [5, 5.41) is 9.37. The van der Waals surface area contributed by atoms with Crippen LogP contribution >= 0.6 is 0 Å². The molecule has 4 aromatic heterocycles. The Morgan fingerprint density at radius 2 is 0.981 bits per heavy atom. The lowest BCUT2D eigenvalue weighted by atomic mass is 9.70. The van der Waals surface area contributed by atoms with Crippen LogP contribution in [-0.2, 0) is 5.41 Å². The lowest BCUT2D eigenvalue weighted by molar-refractivity contribution is 0.794. The molecule has 0 amide bonds. The molecule has 0 saturated heterocycles. The molecule has 1 spiro atoms. The molecule has 53 heavy (non-hydrogen) atoms. The Kier molecular flexibility index (Phi) is 6.73. The van der Waals surface area contributed by atoms with Crippen LogP contribution in [0.3, 0.4) is 0 Å². The van der Waals surface area contributed by atoms with Crippen LogP contribution in [0.2, 0.25) is 0 Å². The number of benzene rings is 4. The predicted octanol–water partition coefficient (Wildman–Crippen LogP) is 10.7. The third-order valence-corrected chi connectivity index (χ3v) is 10.6. The molecule has 2 aliphatic carbocycles. The zero-order chi connectivity index (χ0) is 35.5. The summed E-state index contributed by atoms with van der Waals surface area (Å²) in [4.78, 5) is 22.0. The molecule has 8 aromatic rings. The molecule has 0 bridgehead atoms. The summed E-state index contributed by atoms with van der Waals surface area (Å²) in [5.74, 6) is 0. The standard InChI is InChI=1S/C47H26N6/c1-49-34-19-21-51-46(25-34)44-17-13-33(28-53-44)31-11-15-42-38(24-31)37-23-30(32-12-16-43(52-27-32)45-22-29(26-48)18-20-50-45)10-14-41(37)47(42)39-8-4-2-6-35(39)36-7-3-5-9-40(36)47/h2-25,27-28H. The molecule has 0 unspecified atom stereocenters. The van der Waals surface area contributed by atoms with Gasteiger partial charge in [-0.05, 0) is 104 Å². The van der Waals surface area contributed by atoms with Gasteiger partial charge < -0.3 is 0 Å². The first-order valence-corrected chi connectivity index (χ1v) is 17.3. The van der Waals surface area contributed by atoms with Crippen molar-refractivity contribution in [3.8, 4) is 73.4 Å². The second-order valence-electron chi connectivity index (χ2n) is 13.3. The molecule has 10 rings (SSSR count). The second-order valence-corrected chi connectivity index (χ2v) is 13.3. The van der Waals surface area contributed by atoms with E-state index in [1.807, 2.05) is 24.5 Å². The van der Waals surface area contributed by atoms with E-state index in [-0.39, 0.29) is 0 Å². The largest absolute Gasteiger partial charge is 0.257 e. The van der Waals surface area contributed by atoms with Gasteiger partial charge in [-0.15, -0.1) is 0 Å². The third kappa shape index (κ3) is 4.57. The molecular formula is C47H26N6. The number of nitriles is 1. The first kappa shape index (κ1) is 30.3. The molecule has 2 aliphatic rings. The fourth-order valence-electron chi connectivity index (χ4n) is 8.21. The Balaban J connectivity index is 1.13. The molecule has 6 heteroatoms. The average Bonchev–Trinajstić information content (AvgIpc) is 3.70. The molecule has 0 aliphatic heterocycles. The Bertz CT molecular complexity index is 2660. The van der Waals surface area contributed by atoms with Crippen LogP contribution in [0.5, 0.6) is 0 Å². The summed E-state index contributed by atoms with van der Waals surface area (Å²) in [7, 11) is 0. The Morgan fingerprint density at radius 1 is 0.472 bits per heavy atom. The van der Waals surface area contributed by atoms with Gasteiger partial charge in [0.1, 0.15) is 0 Å². The fraction of sp³-hybridized carbons (Fsp3) is 0.0213. The van der Waals surface area contributed by atoms with Crippen molar-refractivity contribution >= 4 is 5.69 Å². The van der Waals surface area contributed by atoms with E-state index in [2.05, 4.69) is 118 Å². The molecular weight excluding hydrogens is 649 g/mol. The van der Waals surface area contributed by atoms with E-state index >= 15 is 0 Å². The van der Waals surface area contributed by atoms with Crippen molar-refractivity contribution in [1.29, 1.82) is 5.26 Å². The summed E-state index contributed by atoms with van der Waals surface area (Å²) in [6, 6.07) is 48.4. The molecule has 0 atom stereocenters. The number of aromatic nitrogens is 4. The smallest absolute Gasteiger partial charge is 0.190 e. The van der Waals surface area contributed by atoms with Crippen molar-refractivity contribution < 1.29 is 0 Å². The lowest BCUT2D eigenvalue weighted by Crippen LogP contribution is -2.25. The highest BCUT2D eigenvalue weighted by Crippen LogP contribution is 2.63. The van der Waals surface area contributed by atoms with Gasteiger partial charge in [-0.25, -0.2) is 4.85 Å². The van der Waals surface area contributed by atoms with E-state index in [0.717, 1.165) is 33.6 Å². The Labute approximate surface area is 306 Å². The molecule has 244 valence electrons. The van der Waals surface area contributed by atoms with Crippen LogP contribution in [-0.4, -0.2) is 19.9 Å². The maximum absolute atomic E-state index is 9.37. The summed E-state index contributed by atoms with van der Waals surface area (Å²) < 4.78 is 0. The molecule has 4 heterocycles. The molecule has 0 radical (unpaired) electrons. The van der Waals surface area contributed by atoms with Crippen molar-refractivity contribution in [2.45, 2.75) is 5.41 Å². The maximum Gasteiger partial charge on any atom is 0.190 e. The monoisotopic (exact) mass is 674 g/mol. The lowest BCUT2D eigenvalue weighted by Gasteiger charge is -2.30. The van der Waals surface area contributed by atoms with E-state index in [0.29, 0.717) is 22.6 Å². The fourth-order valence-corrected chi connectivity index (χ4v) is 8.21. The SMILES string of the molecule is [C-]#[N+]c1ccnc(-c2ccc(-c3ccc4c(c3)-c3cc(-c5ccc(-c6cc(C#N)ccn6)nc5)ccc3C43c4ccccc4-c4ccccc43)cn2)c1. The van der Waals surface area contributed by atoms with Crippen LogP contribution in [0.1, 0.15) is 27.8 Å². The van der Waals surface area contributed by atoms with Gasteiger partial charge in [-0.1, -0.05) is 84.9 Å². The zero-order valence-corrected chi connectivity index (χ0v) is 28.2. The van der Waals surface area contributed by atoms with Crippen LogP contribution in [0, 0.1) is 17.9 Å². The summed E-state index contributed by atoms with van der Waals surface area (Å²) in [5.41, 5.74) is 17.5. The highest BCUT2D eigenvalue weighted by Gasteiger charge is 2.51. The quantitative estimate of drug-likeness (QED) is 0.174. The van der Waals surface area contributed by atoms with E-state index < -0.39 is 5.41 Å². The van der Waals surface area contributed by atoms with E-state index in [1.54, 1.807) is 36.7 Å². The third-order valence-electron chi connectivity index (χ3n) is 10.6. The topological polar surface area (TPSA) is 79.7 Å². The number of hydrogen-bond donors (Lipinski definition) is 0. The molecule has 0 fully saturated rings. The van der Waals surface area contributed by atoms with E-state index in [9.17, 15) is 5.26 Å². The second kappa shape index (κ2) is 11.8. The predicted molar refractivity (Wildman–Crippen MR) is 207 cm³/mol. The van der Waals surface area contributed by atoms with E-state index in [4.69, 9.17) is 16.5 Å². The van der Waals surface area contributed by atoms with Crippen LogP contribution in [0.4, 0.5) is 5.69 Å². The van der Waals surface area contributed by atoms with Gasteiger partial charge in [-0.2, -0.15) is 5.26 Å². The minimum atomic E-state index is -0.462. The zero-order valence-electron chi connectivity index (χ0n) is 28.2. The first-order valence-electron chi connectivity index (χ1n) is 17.3. The number of fused-ring (bicyclic) bond motifs is 10. The molecule has 0 saturated carbocycles. The Hall–Kier alpha value is -7.54. The number of nitrogens with zero attached hydrogens (tertiary/aromatic N) is 6. The minimum Gasteiger partial charge on any atom is -0.257 e. The van der Waals surface area contributed by atoms with Gasteiger partial charge in [0.15, 0.2) is 5.69 Å². The minimum absolute atomic E-state index is 0.462. The van der Waals surface area contributed by atoms with Gasteiger partial charge in [0, 0.05) is 35.9 Å². The maximum atomic E-state index is 9.37. The Morgan fingerprint density at radius 3 is 1.51 bits per heavy atom. The number of pyridine rings is 4. The van der Waals surface area contributed by atoms with Gasteiger partial charge in [-0.3, -0.25) is 19.9 Å². The highest BCUT2D eigenvalue weighted by atomic mass is 14.8. The van der Waals surface area contributed by atoms with Crippen molar-refractivity contribution in [1.82, 2.24) is 19.9 Å². The number of rotatable bonds is 4. The summed E-state index contributed by atoms with van der Waals surface area (Å²) >= 11 is 0. The van der Waals surface area contributed by atoms with Gasteiger partial charge in [0.2, 0.25) is 0 Å². The van der Waals surface area contributed by atoms with Gasteiger partial charge in [0.25, 0.3) is 0 Å². The first-order chi connectivity index (χ1) is 26.1. The van der Waals surface area contributed by atoms with Crippen LogP contribution in [0.15, 0.2) is 158 Å². The van der Waals surface area contributed by atoms with Gasteiger partial charge >= 0.3 is 0 Å². The van der Waals surface area contributed by atoms with Crippen LogP contribution in [0.25, 0.3) is 72.1 Å². The van der Waals surface area contributed by atoms with Crippen LogP contribution < -0.4 is 0 Å². The highest BCUT2D eigenvalue weighted by molar-refractivity contribution is 5.97.